The van der Waals surface area contributed by atoms with Crippen LogP contribution in [0, 0.1) is 0 Å². The van der Waals surface area contributed by atoms with Crippen LogP contribution in [0.25, 0.3) is 0 Å². The van der Waals surface area contributed by atoms with Crippen LogP contribution in [-0.4, -0.2) is 70.0 Å². The van der Waals surface area contributed by atoms with E-state index in [1.807, 2.05) is 6.07 Å². The van der Waals surface area contributed by atoms with Gasteiger partial charge in [-0.3, -0.25) is 14.4 Å². The van der Waals surface area contributed by atoms with E-state index in [1.54, 1.807) is 24.3 Å². The Kier molecular flexibility index (Phi) is 11.4. The first-order valence-corrected chi connectivity index (χ1v) is 11.4. The molecule has 0 spiro atoms. The van der Waals surface area contributed by atoms with Crippen molar-refractivity contribution in [2.45, 2.75) is 50.2 Å². The van der Waals surface area contributed by atoms with Gasteiger partial charge in [0.05, 0.1) is 18.9 Å². The van der Waals surface area contributed by atoms with Crippen LogP contribution in [0.2, 0.25) is 0 Å². The zero-order valence-electron chi connectivity index (χ0n) is 19.4. The molecule has 0 bridgehead atoms. The van der Waals surface area contributed by atoms with Gasteiger partial charge in [0.25, 0.3) is 0 Å². The molecule has 12 nitrogen and oxygen atoms in total. The van der Waals surface area contributed by atoms with Gasteiger partial charge in [-0.15, -0.1) is 0 Å². The van der Waals surface area contributed by atoms with E-state index >= 15 is 0 Å². The van der Waals surface area contributed by atoms with Crippen LogP contribution in [0.3, 0.4) is 0 Å². The number of aromatic nitrogens is 2. The van der Waals surface area contributed by atoms with Crippen LogP contribution < -0.4 is 27.4 Å². The summed E-state index contributed by atoms with van der Waals surface area (Å²) in [5.74, 6) is -2.98. The molecular formula is C23H33N7O5. The lowest BCUT2D eigenvalue weighted by Crippen LogP contribution is -2.54. The molecule has 0 aliphatic carbocycles. The number of aromatic amines is 1. The number of carboxylic acid groups (broad SMARTS) is 1. The highest BCUT2D eigenvalue weighted by Gasteiger charge is 2.27. The van der Waals surface area contributed by atoms with Crippen LogP contribution in [-0.2, 0) is 32.0 Å². The first kappa shape index (κ1) is 27.5. The number of hydrogen-bond acceptors (Lipinski definition) is 7. The number of nitrogens with zero attached hydrogens (tertiary/aromatic N) is 1. The van der Waals surface area contributed by atoms with E-state index in [4.69, 9.17) is 11.5 Å². The number of carbonyl (C=O) groups is 4. The molecule has 2 rings (SSSR count). The molecule has 3 unspecified atom stereocenters. The Balaban J connectivity index is 2.00. The van der Waals surface area contributed by atoms with Gasteiger partial charge in [0.2, 0.25) is 17.7 Å². The average Bonchev–Trinajstić information content (AvgIpc) is 3.35. The van der Waals surface area contributed by atoms with Crippen molar-refractivity contribution in [2.75, 3.05) is 13.1 Å². The number of nitrogens with one attached hydrogen (secondary N) is 4. The summed E-state index contributed by atoms with van der Waals surface area (Å²) < 4.78 is 0. The molecule has 1 heterocycles. The molecule has 35 heavy (non-hydrogen) atoms. The largest absolute Gasteiger partial charge is 0.480 e. The SMILES string of the molecule is NCCCCC(N)C(=O)NCC(=O)NC(Cc1ccccc1)C(=O)NC(Cc1cnc[nH]1)C(=O)O. The van der Waals surface area contributed by atoms with E-state index in [0.29, 0.717) is 25.1 Å². The lowest BCUT2D eigenvalue weighted by Gasteiger charge is -2.22. The number of H-pyrrole nitrogens is 1. The molecule has 1 aromatic carbocycles. The third-order valence-corrected chi connectivity index (χ3v) is 5.26. The third-order valence-electron chi connectivity index (χ3n) is 5.26. The van der Waals surface area contributed by atoms with E-state index in [9.17, 15) is 24.3 Å². The predicted octanol–water partition coefficient (Wildman–Crippen LogP) is -1.18. The second-order valence-electron chi connectivity index (χ2n) is 8.10. The number of imidazole rings is 1. The van der Waals surface area contributed by atoms with Gasteiger partial charge in [0.15, 0.2) is 0 Å². The van der Waals surface area contributed by atoms with Crippen LogP contribution in [0.15, 0.2) is 42.9 Å². The van der Waals surface area contributed by atoms with Crippen LogP contribution >= 0.6 is 0 Å². The fourth-order valence-electron chi connectivity index (χ4n) is 3.33. The maximum Gasteiger partial charge on any atom is 0.326 e. The molecule has 9 N–H and O–H groups in total. The van der Waals surface area contributed by atoms with Crippen LogP contribution in [0.4, 0.5) is 0 Å². The molecule has 0 saturated carbocycles. The number of carboxylic acids is 1. The zero-order chi connectivity index (χ0) is 25.6. The molecule has 0 fully saturated rings. The van der Waals surface area contributed by atoms with Gasteiger partial charge < -0.3 is 37.5 Å². The lowest BCUT2D eigenvalue weighted by atomic mass is 10.0. The maximum absolute atomic E-state index is 13.0. The minimum atomic E-state index is -1.23. The minimum Gasteiger partial charge on any atom is -0.480 e. The Hall–Kier alpha value is -3.77. The quantitative estimate of drug-likeness (QED) is 0.152. The monoisotopic (exact) mass is 487 g/mol. The van der Waals surface area contributed by atoms with Crippen LogP contribution in [0.1, 0.15) is 30.5 Å². The van der Waals surface area contributed by atoms with Crippen molar-refractivity contribution >= 4 is 23.7 Å². The highest BCUT2D eigenvalue weighted by Crippen LogP contribution is 2.06. The molecule has 0 saturated heterocycles. The Morgan fingerprint density at radius 1 is 1.00 bits per heavy atom. The molecule has 3 amide bonds. The second kappa shape index (κ2) is 14.5. The molecule has 1 aromatic heterocycles. The fourth-order valence-corrected chi connectivity index (χ4v) is 3.33. The van der Waals surface area contributed by atoms with E-state index in [0.717, 1.165) is 12.0 Å². The normalized spacial score (nSPS) is 13.3. The zero-order valence-corrected chi connectivity index (χ0v) is 19.4. The Labute approximate surface area is 203 Å². The lowest BCUT2D eigenvalue weighted by molar-refractivity contribution is -0.142. The van der Waals surface area contributed by atoms with Gasteiger partial charge in [-0.05, 0) is 24.9 Å². The summed E-state index contributed by atoms with van der Waals surface area (Å²) >= 11 is 0. The number of nitrogens with two attached hydrogens (primary N) is 2. The van der Waals surface area contributed by atoms with Crippen molar-refractivity contribution < 1.29 is 24.3 Å². The van der Waals surface area contributed by atoms with Gasteiger partial charge in [0.1, 0.15) is 12.1 Å². The summed E-state index contributed by atoms with van der Waals surface area (Å²) in [7, 11) is 0. The highest BCUT2D eigenvalue weighted by molar-refractivity contribution is 5.92. The van der Waals surface area contributed by atoms with Gasteiger partial charge in [-0.25, -0.2) is 9.78 Å². The number of hydrogen-bond donors (Lipinski definition) is 7. The summed E-state index contributed by atoms with van der Waals surface area (Å²) in [4.78, 5) is 56.0. The fraction of sp³-hybridized carbons (Fsp3) is 0.435. The molecule has 190 valence electrons. The molecule has 3 atom stereocenters. The highest BCUT2D eigenvalue weighted by atomic mass is 16.4. The third kappa shape index (κ3) is 9.94. The molecule has 0 aliphatic heterocycles. The van der Waals surface area contributed by atoms with Crippen molar-refractivity contribution in [3.63, 3.8) is 0 Å². The summed E-state index contributed by atoms with van der Waals surface area (Å²) in [5.41, 5.74) is 12.6. The van der Waals surface area contributed by atoms with Gasteiger partial charge in [-0.1, -0.05) is 36.8 Å². The van der Waals surface area contributed by atoms with Crippen molar-refractivity contribution in [3.05, 3.63) is 54.1 Å². The van der Waals surface area contributed by atoms with Crippen molar-refractivity contribution in [3.8, 4) is 0 Å². The Morgan fingerprint density at radius 2 is 1.74 bits per heavy atom. The van der Waals surface area contributed by atoms with Crippen molar-refractivity contribution in [1.29, 1.82) is 0 Å². The standard InChI is InChI=1S/C23H33N7O5/c24-9-5-4-8-17(25)21(32)27-13-20(31)29-18(10-15-6-2-1-3-7-15)22(33)30-19(23(34)35)11-16-12-26-14-28-16/h1-3,6-7,12,14,17-19H,4-5,8-11,13,24-25H2,(H,26,28)(H,27,32)(H,29,31)(H,30,33)(H,34,35). The summed E-state index contributed by atoms with van der Waals surface area (Å²) in [6.45, 7) is 0.130. The van der Waals surface area contributed by atoms with E-state index in [-0.39, 0.29) is 19.4 Å². The maximum atomic E-state index is 13.0. The Bertz CT molecular complexity index is 952. The molecule has 0 aliphatic rings. The summed E-state index contributed by atoms with van der Waals surface area (Å²) in [6, 6.07) is 5.90. The molecular weight excluding hydrogens is 454 g/mol. The number of unbranched alkanes of at least 4 members (excludes halogenated alkanes) is 1. The number of aliphatic carboxylic acids is 1. The summed E-state index contributed by atoms with van der Waals surface area (Å²) in [6.07, 6.45) is 4.88. The van der Waals surface area contributed by atoms with Crippen molar-refractivity contribution in [1.82, 2.24) is 25.9 Å². The first-order valence-electron chi connectivity index (χ1n) is 11.4. The molecule has 12 heteroatoms. The smallest absolute Gasteiger partial charge is 0.326 e. The number of amides is 3. The van der Waals surface area contributed by atoms with Crippen molar-refractivity contribution in [2.24, 2.45) is 11.5 Å². The van der Waals surface area contributed by atoms with Gasteiger partial charge in [0, 0.05) is 24.7 Å². The predicted molar refractivity (Wildman–Crippen MR) is 128 cm³/mol. The van der Waals surface area contributed by atoms with E-state index in [2.05, 4.69) is 25.9 Å². The number of carbonyl (C=O) groups excluding carboxylic acids is 3. The second-order valence-corrected chi connectivity index (χ2v) is 8.10. The van der Waals surface area contributed by atoms with Gasteiger partial charge in [-0.2, -0.15) is 0 Å². The van der Waals surface area contributed by atoms with Gasteiger partial charge >= 0.3 is 5.97 Å². The first-order chi connectivity index (χ1) is 16.8. The molecule has 2 aromatic rings. The van der Waals surface area contributed by atoms with Crippen LogP contribution in [0.5, 0.6) is 0 Å². The summed E-state index contributed by atoms with van der Waals surface area (Å²) in [5, 5.41) is 17.1. The Morgan fingerprint density at radius 3 is 2.37 bits per heavy atom. The van der Waals surface area contributed by atoms with E-state index < -0.39 is 41.8 Å². The van der Waals surface area contributed by atoms with E-state index in [1.165, 1.54) is 12.5 Å². The average molecular weight is 488 g/mol. The minimum absolute atomic E-state index is 0.00875. The number of benzene rings is 1. The topological polar surface area (TPSA) is 205 Å². The number of rotatable bonds is 15. The molecule has 0 radical (unpaired) electrons.